The summed E-state index contributed by atoms with van der Waals surface area (Å²) in [6.07, 6.45) is 4.38. The van der Waals surface area contributed by atoms with E-state index in [0.29, 0.717) is 29.8 Å². The number of rotatable bonds is 5. The second-order valence-corrected chi connectivity index (χ2v) is 7.59. The summed E-state index contributed by atoms with van der Waals surface area (Å²) in [7, 11) is 0. The lowest BCUT2D eigenvalue weighted by molar-refractivity contribution is -0.122. The van der Waals surface area contributed by atoms with E-state index in [1.165, 1.54) is 12.1 Å². The van der Waals surface area contributed by atoms with Gasteiger partial charge in [0.1, 0.15) is 17.6 Å². The van der Waals surface area contributed by atoms with Crippen LogP contribution < -0.4 is 10.1 Å². The van der Waals surface area contributed by atoms with Gasteiger partial charge in [-0.1, -0.05) is 31.4 Å². The molecule has 28 heavy (non-hydrogen) atoms. The van der Waals surface area contributed by atoms with Crippen LogP contribution >= 0.6 is 0 Å². The molecule has 0 spiro atoms. The van der Waals surface area contributed by atoms with Crippen LogP contribution in [-0.4, -0.2) is 12.0 Å². The predicted molar refractivity (Wildman–Crippen MR) is 107 cm³/mol. The third-order valence-corrected chi connectivity index (χ3v) is 5.27. The Bertz CT molecular complexity index is 878. The van der Waals surface area contributed by atoms with Crippen molar-refractivity contribution in [2.45, 2.75) is 57.5 Å². The molecular weight excluding hydrogens is 355 g/mol. The van der Waals surface area contributed by atoms with E-state index < -0.39 is 5.41 Å². The Labute approximate surface area is 165 Å². The number of carbonyl (C=O) groups excluding carboxylic acids is 1. The van der Waals surface area contributed by atoms with E-state index in [-0.39, 0.29) is 17.8 Å². The van der Waals surface area contributed by atoms with Crippen LogP contribution in [0.3, 0.4) is 0 Å². The monoisotopic (exact) mass is 380 g/mol. The Morgan fingerprint density at radius 1 is 1.14 bits per heavy atom. The molecule has 1 amide bonds. The van der Waals surface area contributed by atoms with Gasteiger partial charge in [0.05, 0.1) is 22.8 Å². The molecule has 2 aromatic carbocycles. The topological polar surface area (TPSA) is 62.1 Å². The summed E-state index contributed by atoms with van der Waals surface area (Å²) in [5, 5.41) is 12.5. The van der Waals surface area contributed by atoms with Gasteiger partial charge in [-0.15, -0.1) is 0 Å². The summed E-state index contributed by atoms with van der Waals surface area (Å²) in [6.45, 7) is 3.83. The third kappa shape index (κ3) is 4.17. The van der Waals surface area contributed by atoms with Crippen LogP contribution in [0.4, 0.5) is 10.1 Å². The van der Waals surface area contributed by atoms with Crippen LogP contribution in [0.5, 0.6) is 5.75 Å². The summed E-state index contributed by atoms with van der Waals surface area (Å²) in [4.78, 5) is 13.4. The highest BCUT2D eigenvalue weighted by atomic mass is 19.1. The lowest BCUT2D eigenvalue weighted by Gasteiger charge is -2.36. The molecule has 1 saturated carbocycles. The molecule has 0 aliphatic heterocycles. The molecule has 0 bridgehead atoms. The van der Waals surface area contributed by atoms with E-state index >= 15 is 0 Å². The highest BCUT2D eigenvalue weighted by Crippen LogP contribution is 2.41. The zero-order valence-corrected chi connectivity index (χ0v) is 16.3. The van der Waals surface area contributed by atoms with Crippen LogP contribution in [0.2, 0.25) is 0 Å². The molecule has 0 saturated heterocycles. The van der Waals surface area contributed by atoms with E-state index in [4.69, 9.17) is 4.74 Å². The van der Waals surface area contributed by atoms with E-state index in [9.17, 15) is 14.4 Å². The van der Waals surface area contributed by atoms with E-state index in [1.807, 2.05) is 13.8 Å². The molecule has 2 aromatic rings. The second kappa shape index (κ2) is 8.43. The summed E-state index contributed by atoms with van der Waals surface area (Å²) in [6, 6.07) is 13.4. The van der Waals surface area contributed by atoms with Gasteiger partial charge in [-0.25, -0.2) is 4.39 Å². The van der Waals surface area contributed by atoms with Gasteiger partial charge >= 0.3 is 0 Å². The van der Waals surface area contributed by atoms with Gasteiger partial charge in [0.25, 0.3) is 0 Å². The Morgan fingerprint density at radius 2 is 1.82 bits per heavy atom. The molecule has 0 heterocycles. The van der Waals surface area contributed by atoms with Crippen LogP contribution in [0.25, 0.3) is 0 Å². The largest absolute Gasteiger partial charge is 0.491 e. The molecule has 0 atom stereocenters. The molecule has 1 fully saturated rings. The molecule has 3 rings (SSSR count). The zero-order chi connectivity index (χ0) is 20.1. The SMILES string of the molecule is CC(C)Oc1ccc(NC(=O)C2(c3ccc(F)cc3)CCCCC2)c(C#N)c1. The van der Waals surface area contributed by atoms with Crippen molar-refractivity contribution in [3.05, 3.63) is 59.4 Å². The molecule has 0 unspecified atom stereocenters. The van der Waals surface area contributed by atoms with Crippen molar-refractivity contribution < 1.29 is 13.9 Å². The number of hydrogen-bond donors (Lipinski definition) is 1. The Morgan fingerprint density at radius 3 is 2.43 bits per heavy atom. The minimum Gasteiger partial charge on any atom is -0.491 e. The molecular formula is C23H25FN2O2. The van der Waals surface area contributed by atoms with Gasteiger partial charge in [-0.2, -0.15) is 5.26 Å². The minimum atomic E-state index is -0.703. The average Bonchev–Trinajstić information content (AvgIpc) is 2.69. The Kier molecular flexibility index (Phi) is 5.99. The van der Waals surface area contributed by atoms with Crippen LogP contribution in [0.15, 0.2) is 42.5 Å². The van der Waals surface area contributed by atoms with Crippen LogP contribution in [0, 0.1) is 17.1 Å². The lowest BCUT2D eigenvalue weighted by atomic mass is 9.68. The highest BCUT2D eigenvalue weighted by Gasteiger charge is 2.41. The minimum absolute atomic E-state index is 0.00373. The molecule has 146 valence electrons. The fraction of sp³-hybridized carbons (Fsp3) is 0.391. The van der Waals surface area contributed by atoms with Gasteiger partial charge in [-0.3, -0.25) is 4.79 Å². The average molecular weight is 380 g/mol. The van der Waals surface area contributed by atoms with Gasteiger partial charge < -0.3 is 10.1 Å². The molecule has 1 N–H and O–H groups in total. The number of benzene rings is 2. The van der Waals surface area contributed by atoms with Crippen molar-refractivity contribution in [2.24, 2.45) is 0 Å². The number of halogens is 1. The van der Waals surface area contributed by atoms with E-state index in [0.717, 1.165) is 24.8 Å². The van der Waals surface area contributed by atoms with Crippen LogP contribution in [-0.2, 0) is 10.2 Å². The predicted octanol–water partition coefficient (Wildman–Crippen LogP) is 5.33. The molecule has 4 nitrogen and oxygen atoms in total. The number of nitrogens with one attached hydrogen (secondary N) is 1. The molecule has 0 aromatic heterocycles. The summed E-state index contributed by atoms with van der Waals surface area (Å²) in [5.74, 6) is 0.130. The molecule has 1 aliphatic carbocycles. The van der Waals surface area contributed by atoms with Crippen molar-refractivity contribution in [3.63, 3.8) is 0 Å². The maximum atomic E-state index is 13.4. The van der Waals surface area contributed by atoms with Crippen molar-refractivity contribution >= 4 is 11.6 Å². The molecule has 5 heteroatoms. The maximum absolute atomic E-state index is 13.4. The first kappa shape index (κ1) is 19.9. The van der Waals surface area contributed by atoms with Crippen molar-refractivity contribution in [3.8, 4) is 11.8 Å². The van der Waals surface area contributed by atoms with Gasteiger partial charge in [0, 0.05) is 6.07 Å². The smallest absolute Gasteiger partial charge is 0.235 e. The first-order chi connectivity index (χ1) is 13.4. The standard InChI is InChI=1S/C23H25FN2O2/c1-16(2)28-20-10-11-21(17(14-20)15-25)26-22(27)23(12-4-3-5-13-23)18-6-8-19(24)9-7-18/h6-11,14,16H,3-5,12-13H2,1-2H3,(H,26,27). The normalized spacial score (nSPS) is 15.7. The Hall–Kier alpha value is -2.87. The number of anilines is 1. The highest BCUT2D eigenvalue weighted by molar-refractivity contribution is 6.00. The fourth-order valence-corrected chi connectivity index (χ4v) is 3.88. The van der Waals surface area contributed by atoms with Gasteiger partial charge in [-0.05, 0) is 56.5 Å². The van der Waals surface area contributed by atoms with E-state index in [1.54, 1.807) is 30.3 Å². The zero-order valence-electron chi connectivity index (χ0n) is 16.3. The number of hydrogen-bond acceptors (Lipinski definition) is 3. The maximum Gasteiger partial charge on any atom is 0.235 e. The number of amides is 1. The van der Waals surface area contributed by atoms with Gasteiger partial charge in [0.15, 0.2) is 0 Å². The molecule has 0 radical (unpaired) electrons. The Balaban J connectivity index is 1.90. The number of nitriles is 1. The fourth-order valence-electron chi connectivity index (χ4n) is 3.88. The number of nitrogens with zero attached hydrogens (tertiary/aromatic N) is 1. The first-order valence-electron chi connectivity index (χ1n) is 9.73. The lowest BCUT2D eigenvalue weighted by Crippen LogP contribution is -2.42. The van der Waals surface area contributed by atoms with E-state index in [2.05, 4.69) is 11.4 Å². The van der Waals surface area contributed by atoms with Crippen molar-refractivity contribution in [1.82, 2.24) is 0 Å². The second-order valence-electron chi connectivity index (χ2n) is 7.59. The molecule has 1 aliphatic rings. The number of carbonyl (C=O) groups is 1. The summed E-state index contributed by atoms with van der Waals surface area (Å²) < 4.78 is 19.0. The van der Waals surface area contributed by atoms with Crippen molar-refractivity contribution in [2.75, 3.05) is 5.32 Å². The summed E-state index contributed by atoms with van der Waals surface area (Å²) in [5.41, 5.74) is 0.947. The van der Waals surface area contributed by atoms with Crippen LogP contribution in [0.1, 0.15) is 57.1 Å². The van der Waals surface area contributed by atoms with Gasteiger partial charge in [0.2, 0.25) is 5.91 Å². The quantitative estimate of drug-likeness (QED) is 0.763. The first-order valence-corrected chi connectivity index (χ1v) is 9.73. The van der Waals surface area contributed by atoms with Crippen molar-refractivity contribution in [1.29, 1.82) is 5.26 Å². The summed E-state index contributed by atoms with van der Waals surface area (Å²) >= 11 is 0. The third-order valence-electron chi connectivity index (χ3n) is 5.27. The number of ether oxygens (including phenoxy) is 1.